The van der Waals surface area contributed by atoms with E-state index >= 15 is 0 Å². The Kier molecular flexibility index (Phi) is 4.60. The van der Waals surface area contributed by atoms with Crippen LogP contribution in [0.3, 0.4) is 0 Å². The van der Waals surface area contributed by atoms with Crippen LogP contribution in [0.2, 0.25) is 0 Å². The van der Waals surface area contributed by atoms with Crippen LogP contribution in [-0.4, -0.2) is 11.2 Å². The first-order valence-corrected chi connectivity index (χ1v) is 7.39. The number of hydrogen-bond donors (Lipinski definition) is 1. The van der Waals surface area contributed by atoms with Gasteiger partial charge in [0.25, 0.3) is 0 Å². The molecule has 3 heteroatoms. The van der Waals surface area contributed by atoms with Gasteiger partial charge in [-0.25, -0.2) is 0 Å². The van der Waals surface area contributed by atoms with Crippen molar-refractivity contribution in [2.75, 3.05) is 10.6 Å². The van der Waals surface area contributed by atoms with E-state index in [0.717, 1.165) is 23.9 Å². The number of rotatable bonds is 5. The van der Waals surface area contributed by atoms with Gasteiger partial charge >= 0.3 is 0 Å². The molecule has 92 valence electrons. The lowest BCUT2D eigenvalue weighted by atomic mass is 9.98. The first-order valence-electron chi connectivity index (χ1n) is 6.27. The van der Waals surface area contributed by atoms with Gasteiger partial charge in [0.05, 0.1) is 0 Å². The molecule has 0 saturated carbocycles. The van der Waals surface area contributed by atoms with Crippen molar-refractivity contribution >= 4 is 27.5 Å². The fourth-order valence-corrected chi connectivity index (χ4v) is 2.57. The monoisotopic (exact) mass is 295 g/mol. The Balaban J connectivity index is 1.95. The molecule has 0 spiro atoms. The minimum absolute atomic E-state index is 0.147. The lowest BCUT2D eigenvalue weighted by Gasteiger charge is -2.17. The van der Waals surface area contributed by atoms with Gasteiger partial charge in [-0.2, -0.15) is 0 Å². The number of halogens is 1. The minimum Gasteiger partial charge on any atom is -0.326 e. The van der Waals surface area contributed by atoms with Gasteiger partial charge in [0.2, 0.25) is 5.91 Å². The third-order valence-electron chi connectivity index (χ3n) is 3.17. The second-order valence-corrected chi connectivity index (χ2v) is 5.33. The third-order valence-corrected chi connectivity index (χ3v) is 3.73. The Hall–Kier alpha value is -0.830. The molecule has 1 N–H and O–H groups in total. The molecule has 2 rings (SSSR count). The molecule has 0 aliphatic carbocycles. The molecule has 17 heavy (non-hydrogen) atoms. The largest absolute Gasteiger partial charge is 0.326 e. The SMILES string of the molecule is O=C1CCc2ccc(CCCCCBr)cc2N1. The molecule has 2 nitrogen and oxygen atoms in total. The normalized spacial score (nSPS) is 14.3. The third kappa shape index (κ3) is 3.56. The first-order chi connectivity index (χ1) is 8.29. The summed E-state index contributed by atoms with van der Waals surface area (Å²) >= 11 is 3.44. The van der Waals surface area contributed by atoms with Gasteiger partial charge in [-0.1, -0.05) is 34.5 Å². The summed E-state index contributed by atoms with van der Waals surface area (Å²) < 4.78 is 0. The summed E-state index contributed by atoms with van der Waals surface area (Å²) in [6.07, 6.45) is 6.33. The summed E-state index contributed by atoms with van der Waals surface area (Å²) in [5.74, 6) is 0.147. The van der Waals surface area contributed by atoms with E-state index in [2.05, 4.69) is 39.4 Å². The van der Waals surface area contributed by atoms with Crippen molar-refractivity contribution in [3.05, 3.63) is 29.3 Å². The fourth-order valence-electron chi connectivity index (χ4n) is 2.17. The van der Waals surface area contributed by atoms with Gasteiger partial charge in [-0.15, -0.1) is 0 Å². The number of amides is 1. The second kappa shape index (κ2) is 6.20. The highest BCUT2D eigenvalue weighted by molar-refractivity contribution is 9.09. The van der Waals surface area contributed by atoms with Gasteiger partial charge in [0.15, 0.2) is 0 Å². The predicted octanol–water partition coefficient (Wildman–Crippen LogP) is 3.68. The number of carbonyl (C=O) groups is 1. The Morgan fingerprint density at radius 3 is 2.88 bits per heavy atom. The van der Waals surface area contributed by atoms with Crippen molar-refractivity contribution < 1.29 is 4.79 Å². The van der Waals surface area contributed by atoms with Gasteiger partial charge in [-0.3, -0.25) is 4.79 Å². The number of unbranched alkanes of at least 4 members (excludes halogenated alkanes) is 2. The standard InChI is InChI=1S/C14H18BrNO/c15-9-3-1-2-4-11-5-6-12-7-8-14(17)16-13(12)10-11/h5-6,10H,1-4,7-9H2,(H,16,17). The highest BCUT2D eigenvalue weighted by Crippen LogP contribution is 2.24. The lowest BCUT2D eigenvalue weighted by molar-refractivity contribution is -0.116. The van der Waals surface area contributed by atoms with Crippen molar-refractivity contribution in [3.8, 4) is 0 Å². The number of fused-ring (bicyclic) bond motifs is 1. The molecule has 0 aromatic heterocycles. The summed E-state index contributed by atoms with van der Waals surface area (Å²) in [4.78, 5) is 11.3. The van der Waals surface area contributed by atoms with Crippen LogP contribution in [0.1, 0.15) is 36.8 Å². The molecule has 0 saturated heterocycles. The summed E-state index contributed by atoms with van der Waals surface area (Å²) in [5, 5.41) is 4.05. The van der Waals surface area contributed by atoms with E-state index in [0.29, 0.717) is 6.42 Å². The quantitative estimate of drug-likeness (QED) is 0.652. The summed E-state index contributed by atoms with van der Waals surface area (Å²) in [6, 6.07) is 6.50. The molecular formula is C14H18BrNO. The summed E-state index contributed by atoms with van der Waals surface area (Å²) in [6.45, 7) is 0. The number of benzene rings is 1. The maximum atomic E-state index is 11.3. The molecule has 1 heterocycles. The molecular weight excluding hydrogens is 278 g/mol. The van der Waals surface area contributed by atoms with Crippen molar-refractivity contribution in [2.45, 2.75) is 38.5 Å². The van der Waals surface area contributed by atoms with Crippen molar-refractivity contribution in [1.29, 1.82) is 0 Å². The van der Waals surface area contributed by atoms with Gasteiger partial charge in [0.1, 0.15) is 0 Å². The maximum Gasteiger partial charge on any atom is 0.224 e. The first kappa shape index (κ1) is 12.6. The van der Waals surface area contributed by atoms with Crippen molar-refractivity contribution in [3.63, 3.8) is 0 Å². The number of anilines is 1. The molecule has 1 amide bonds. The Morgan fingerprint density at radius 1 is 1.18 bits per heavy atom. The Morgan fingerprint density at radius 2 is 2.06 bits per heavy atom. The molecule has 0 fully saturated rings. The summed E-state index contributed by atoms with van der Waals surface area (Å²) in [7, 11) is 0. The molecule has 1 aromatic rings. The molecule has 1 aliphatic rings. The van der Waals surface area contributed by atoms with E-state index in [4.69, 9.17) is 0 Å². The van der Waals surface area contributed by atoms with Gasteiger partial charge in [0, 0.05) is 17.4 Å². The Bertz CT molecular complexity index is 403. The topological polar surface area (TPSA) is 29.1 Å². The average molecular weight is 296 g/mol. The molecule has 0 radical (unpaired) electrons. The number of hydrogen-bond acceptors (Lipinski definition) is 1. The van der Waals surface area contributed by atoms with Crippen LogP contribution < -0.4 is 5.32 Å². The Labute approximate surface area is 111 Å². The second-order valence-electron chi connectivity index (χ2n) is 4.54. The van der Waals surface area contributed by atoms with E-state index in [-0.39, 0.29) is 5.91 Å². The summed E-state index contributed by atoms with van der Waals surface area (Å²) in [5.41, 5.74) is 3.63. The van der Waals surface area contributed by atoms with Crippen molar-refractivity contribution in [2.24, 2.45) is 0 Å². The van der Waals surface area contributed by atoms with Crippen LogP contribution in [-0.2, 0) is 17.6 Å². The zero-order valence-corrected chi connectivity index (χ0v) is 11.6. The van der Waals surface area contributed by atoms with E-state index in [1.807, 2.05) is 0 Å². The number of nitrogens with one attached hydrogen (secondary N) is 1. The van der Waals surface area contributed by atoms with E-state index in [9.17, 15) is 4.79 Å². The minimum atomic E-state index is 0.147. The van der Waals surface area contributed by atoms with E-state index in [1.54, 1.807) is 0 Å². The molecule has 0 bridgehead atoms. The highest BCUT2D eigenvalue weighted by atomic mass is 79.9. The van der Waals surface area contributed by atoms with Crippen LogP contribution in [0.5, 0.6) is 0 Å². The zero-order valence-electron chi connectivity index (χ0n) is 9.97. The predicted molar refractivity (Wildman–Crippen MR) is 74.7 cm³/mol. The molecule has 0 atom stereocenters. The number of aryl methyl sites for hydroxylation is 2. The van der Waals surface area contributed by atoms with Crippen LogP contribution in [0.15, 0.2) is 18.2 Å². The smallest absolute Gasteiger partial charge is 0.224 e. The van der Waals surface area contributed by atoms with Crippen molar-refractivity contribution in [1.82, 2.24) is 0 Å². The highest BCUT2D eigenvalue weighted by Gasteiger charge is 2.14. The van der Waals surface area contributed by atoms with Crippen LogP contribution in [0.4, 0.5) is 5.69 Å². The van der Waals surface area contributed by atoms with Gasteiger partial charge < -0.3 is 5.32 Å². The van der Waals surface area contributed by atoms with E-state index in [1.165, 1.54) is 30.4 Å². The lowest BCUT2D eigenvalue weighted by Crippen LogP contribution is -2.18. The van der Waals surface area contributed by atoms with Crippen LogP contribution in [0, 0.1) is 0 Å². The number of alkyl halides is 1. The fraction of sp³-hybridized carbons (Fsp3) is 0.500. The number of carbonyl (C=O) groups excluding carboxylic acids is 1. The average Bonchev–Trinajstić information content (AvgIpc) is 2.34. The zero-order chi connectivity index (χ0) is 12.1. The maximum absolute atomic E-state index is 11.3. The van der Waals surface area contributed by atoms with Crippen LogP contribution in [0.25, 0.3) is 0 Å². The van der Waals surface area contributed by atoms with Gasteiger partial charge in [-0.05, 0) is 42.9 Å². The molecule has 1 aliphatic heterocycles. The molecule has 1 aromatic carbocycles. The van der Waals surface area contributed by atoms with Crippen LogP contribution >= 0.6 is 15.9 Å². The molecule has 0 unspecified atom stereocenters. The van der Waals surface area contributed by atoms with E-state index < -0.39 is 0 Å².